The zero-order valence-corrected chi connectivity index (χ0v) is 10.8. The van der Waals surface area contributed by atoms with Crippen molar-refractivity contribution in [2.75, 3.05) is 6.54 Å². The van der Waals surface area contributed by atoms with Gasteiger partial charge in [-0.3, -0.25) is 4.79 Å². The Morgan fingerprint density at radius 2 is 2.18 bits per heavy atom. The highest BCUT2D eigenvalue weighted by molar-refractivity contribution is 6.20. The van der Waals surface area contributed by atoms with Crippen LogP contribution in [0.3, 0.4) is 0 Å². The SMILES string of the molecule is Cc1occc1C(=O)NCC1CCC(Cl)CC1. The number of nitrogens with one attached hydrogen (secondary N) is 1. The van der Waals surface area contributed by atoms with Crippen LogP contribution in [0.5, 0.6) is 0 Å². The molecule has 1 aromatic heterocycles. The third-order valence-corrected chi connectivity index (χ3v) is 3.87. The van der Waals surface area contributed by atoms with E-state index in [1.54, 1.807) is 19.3 Å². The van der Waals surface area contributed by atoms with E-state index in [0.717, 1.165) is 32.2 Å². The van der Waals surface area contributed by atoms with E-state index >= 15 is 0 Å². The maximum atomic E-state index is 11.8. The Kier molecular flexibility index (Phi) is 4.11. The topological polar surface area (TPSA) is 42.2 Å². The van der Waals surface area contributed by atoms with E-state index in [1.807, 2.05) is 0 Å². The lowest BCUT2D eigenvalue weighted by atomic mass is 9.89. The van der Waals surface area contributed by atoms with E-state index in [9.17, 15) is 4.79 Å². The number of hydrogen-bond acceptors (Lipinski definition) is 2. The second-order valence-electron chi connectivity index (χ2n) is 4.72. The molecule has 1 aliphatic rings. The first-order chi connectivity index (χ1) is 8.16. The minimum Gasteiger partial charge on any atom is -0.469 e. The fourth-order valence-corrected chi connectivity index (χ4v) is 2.53. The van der Waals surface area contributed by atoms with E-state index < -0.39 is 0 Å². The summed E-state index contributed by atoms with van der Waals surface area (Å²) in [4.78, 5) is 11.8. The van der Waals surface area contributed by atoms with Crippen LogP contribution < -0.4 is 5.32 Å². The van der Waals surface area contributed by atoms with E-state index in [2.05, 4.69) is 5.32 Å². The van der Waals surface area contributed by atoms with Crippen LogP contribution in [0.1, 0.15) is 41.8 Å². The third kappa shape index (κ3) is 3.25. The van der Waals surface area contributed by atoms with E-state index in [1.165, 1.54) is 0 Å². The highest BCUT2D eigenvalue weighted by atomic mass is 35.5. The Labute approximate surface area is 107 Å². The molecule has 0 radical (unpaired) electrons. The van der Waals surface area contributed by atoms with Gasteiger partial charge in [0.15, 0.2) is 0 Å². The first kappa shape index (κ1) is 12.5. The highest BCUT2D eigenvalue weighted by Gasteiger charge is 2.20. The summed E-state index contributed by atoms with van der Waals surface area (Å²) in [6.45, 7) is 2.54. The van der Waals surface area contributed by atoms with Crippen molar-refractivity contribution >= 4 is 17.5 Å². The average molecular weight is 256 g/mol. The number of aryl methyl sites for hydroxylation is 1. The molecule has 0 unspecified atom stereocenters. The average Bonchev–Trinajstić information content (AvgIpc) is 2.74. The number of carbonyl (C=O) groups is 1. The summed E-state index contributed by atoms with van der Waals surface area (Å²) in [7, 11) is 0. The normalized spacial score (nSPS) is 24.6. The molecule has 4 heteroatoms. The zero-order chi connectivity index (χ0) is 12.3. The number of alkyl halides is 1. The van der Waals surface area contributed by atoms with Gasteiger partial charge in [-0.15, -0.1) is 11.6 Å². The monoisotopic (exact) mass is 255 g/mol. The van der Waals surface area contributed by atoms with Crippen LogP contribution in [-0.4, -0.2) is 17.8 Å². The van der Waals surface area contributed by atoms with Crippen LogP contribution in [0.4, 0.5) is 0 Å². The van der Waals surface area contributed by atoms with E-state index in [-0.39, 0.29) is 5.91 Å². The first-order valence-electron chi connectivity index (χ1n) is 6.13. The summed E-state index contributed by atoms with van der Waals surface area (Å²) >= 11 is 6.05. The minimum atomic E-state index is -0.0377. The van der Waals surface area contributed by atoms with Crippen molar-refractivity contribution in [3.05, 3.63) is 23.7 Å². The Morgan fingerprint density at radius 1 is 1.47 bits per heavy atom. The predicted octanol–water partition coefficient (Wildman–Crippen LogP) is 3.12. The molecule has 94 valence electrons. The van der Waals surface area contributed by atoms with E-state index in [4.69, 9.17) is 16.0 Å². The summed E-state index contributed by atoms with van der Waals surface area (Å²) < 4.78 is 5.11. The van der Waals surface area contributed by atoms with Gasteiger partial charge in [-0.25, -0.2) is 0 Å². The molecule has 0 spiro atoms. The Morgan fingerprint density at radius 3 is 2.76 bits per heavy atom. The number of hydrogen-bond donors (Lipinski definition) is 1. The molecule has 0 aliphatic heterocycles. The number of rotatable bonds is 3. The van der Waals surface area contributed by atoms with Gasteiger partial charge in [-0.2, -0.15) is 0 Å². The largest absolute Gasteiger partial charge is 0.469 e. The van der Waals surface area contributed by atoms with Crippen LogP contribution in [0.25, 0.3) is 0 Å². The summed E-state index contributed by atoms with van der Waals surface area (Å²) in [6.07, 6.45) is 5.89. The maximum Gasteiger partial charge on any atom is 0.254 e. The molecule has 1 aliphatic carbocycles. The summed E-state index contributed by atoms with van der Waals surface area (Å²) in [6, 6.07) is 1.71. The van der Waals surface area contributed by atoms with Crippen molar-refractivity contribution in [2.24, 2.45) is 5.92 Å². The van der Waals surface area contributed by atoms with Crippen molar-refractivity contribution in [1.82, 2.24) is 5.32 Å². The van der Waals surface area contributed by atoms with Gasteiger partial charge in [0.05, 0.1) is 11.8 Å². The lowest BCUT2D eigenvalue weighted by Gasteiger charge is -2.24. The minimum absolute atomic E-state index is 0.0377. The van der Waals surface area contributed by atoms with Gasteiger partial charge >= 0.3 is 0 Å². The summed E-state index contributed by atoms with van der Waals surface area (Å²) in [5, 5.41) is 3.30. The molecule has 1 N–H and O–H groups in total. The molecule has 0 saturated heterocycles. The van der Waals surface area contributed by atoms with Gasteiger partial charge in [0, 0.05) is 11.9 Å². The van der Waals surface area contributed by atoms with Crippen molar-refractivity contribution in [3.63, 3.8) is 0 Å². The number of carbonyl (C=O) groups excluding carboxylic acids is 1. The fourth-order valence-electron chi connectivity index (χ4n) is 2.28. The molecule has 1 amide bonds. The number of halogens is 1. The van der Waals surface area contributed by atoms with Crippen molar-refractivity contribution in [3.8, 4) is 0 Å². The van der Waals surface area contributed by atoms with Crippen LogP contribution in [0.15, 0.2) is 16.7 Å². The van der Waals surface area contributed by atoms with Crippen molar-refractivity contribution < 1.29 is 9.21 Å². The molecule has 0 bridgehead atoms. The Bertz CT molecular complexity index is 381. The van der Waals surface area contributed by atoms with Crippen molar-refractivity contribution in [2.45, 2.75) is 38.0 Å². The molecule has 1 saturated carbocycles. The predicted molar refractivity (Wildman–Crippen MR) is 67.4 cm³/mol. The molecule has 1 fully saturated rings. The molecule has 1 aromatic rings. The fraction of sp³-hybridized carbons (Fsp3) is 0.615. The van der Waals surface area contributed by atoms with Crippen LogP contribution in [0.2, 0.25) is 0 Å². The highest BCUT2D eigenvalue weighted by Crippen LogP contribution is 2.27. The molecular weight excluding hydrogens is 238 g/mol. The van der Waals surface area contributed by atoms with Gasteiger partial charge in [-0.05, 0) is 44.6 Å². The second-order valence-corrected chi connectivity index (χ2v) is 5.34. The van der Waals surface area contributed by atoms with Gasteiger partial charge < -0.3 is 9.73 Å². The van der Waals surface area contributed by atoms with Crippen molar-refractivity contribution in [1.29, 1.82) is 0 Å². The first-order valence-corrected chi connectivity index (χ1v) is 6.57. The Hall–Kier alpha value is -0.960. The second kappa shape index (κ2) is 5.58. The zero-order valence-electron chi connectivity index (χ0n) is 10.0. The van der Waals surface area contributed by atoms with Crippen LogP contribution in [-0.2, 0) is 0 Å². The smallest absolute Gasteiger partial charge is 0.254 e. The molecule has 17 heavy (non-hydrogen) atoms. The lowest BCUT2D eigenvalue weighted by Crippen LogP contribution is -2.31. The van der Waals surface area contributed by atoms with Crippen LogP contribution in [0, 0.1) is 12.8 Å². The molecule has 0 aromatic carbocycles. The summed E-state index contributed by atoms with van der Waals surface area (Å²) in [5.74, 6) is 1.21. The van der Waals surface area contributed by atoms with Crippen LogP contribution >= 0.6 is 11.6 Å². The quantitative estimate of drug-likeness (QED) is 0.844. The van der Waals surface area contributed by atoms with E-state index in [0.29, 0.717) is 22.6 Å². The molecule has 1 heterocycles. The maximum absolute atomic E-state index is 11.8. The molecule has 0 atom stereocenters. The Balaban J connectivity index is 1.79. The molecule has 2 rings (SSSR count). The number of furan rings is 1. The van der Waals surface area contributed by atoms with Gasteiger partial charge in [0.25, 0.3) is 5.91 Å². The third-order valence-electron chi connectivity index (χ3n) is 3.43. The standard InChI is InChI=1S/C13H18ClNO2/c1-9-12(6-7-17-9)13(16)15-8-10-2-4-11(14)5-3-10/h6-7,10-11H,2-5,8H2,1H3,(H,15,16). The van der Waals surface area contributed by atoms with Gasteiger partial charge in [0.2, 0.25) is 0 Å². The number of amides is 1. The molecular formula is C13H18ClNO2. The molecule has 3 nitrogen and oxygen atoms in total. The lowest BCUT2D eigenvalue weighted by molar-refractivity contribution is 0.0942. The summed E-state index contributed by atoms with van der Waals surface area (Å²) in [5.41, 5.74) is 0.635. The van der Waals surface area contributed by atoms with Gasteiger partial charge in [0.1, 0.15) is 5.76 Å². The van der Waals surface area contributed by atoms with Gasteiger partial charge in [-0.1, -0.05) is 0 Å².